The molecule has 1 aromatic rings. The van der Waals surface area contributed by atoms with Crippen LogP contribution in [0.4, 0.5) is 0 Å². The number of benzene rings is 1. The number of carbonyl (C=O) groups is 2. The molecule has 1 aromatic carbocycles. The van der Waals surface area contributed by atoms with Crippen molar-refractivity contribution in [2.75, 3.05) is 40.4 Å². The Morgan fingerprint density at radius 1 is 1.10 bits per heavy atom. The highest BCUT2D eigenvalue weighted by Gasteiger charge is 2.50. The van der Waals surface area contributed by atoms with Crippen molar-refractivity contribution < 1.29 is 19.1 Å². The Labute approximate surface area is 172 Å². The van der Waals surface area contributed by atoms with E-state index in [4.69, 9.17) is 9.47 Å². The molecule has 156 valence electrons. The number of hydrogen-bond acceptors (Lipinski definition) is 5. The molecule has 1 aliphatic heterocycles. The zero-order valence-electron chi connectivity index (χ0n) is 17.2. The summed E-state index contributed by atoms with van der Waals surface area (Å²) in [5.41, 5.74) is 1.02. The van der Waals surface area contributed by atoms with Crippen molar-refractivity contribution in [1.29, 1.82) is 0 Å². The van der Waals surface area contributed by atoms with Gasteiger partial charge < -0.3 is 19.7 Å². The molecule has 0 bridgehead atoms. The lowest BCUT2D eigenvalue weighted by molar-refractivity contribution is -0.153. The molecular formula is C23H30N2O4. The second-order valence-electron chi connectivity index (χ2n) is 7.58. The lowest BCUT2D eigenvalue weighted by Crippen LogP contribution is -2.50. The third kappa shape index (κ3) is 4.70. The van der Waals surface area contributed by atoms with Gasteiger partial charge in [-0.3, -0.25) is 9.59 Å². The minimum atomic E-state index is -0.495. The summed E-state index contributed by atoms with van der Waals surface area (Å²) in [6.45, 7) is 6.79. The maximum Gasteiger partial charge on any atom is 0.310 e. The predicted molar refractivity (Wildman–Crippen MR) is 112 cm³/mol. The first-order valence-corrected chi connectivity index (χ1v) is 10.1. The first-order chi connectivity index (χ1) is 14.1. The molecule has 0 spiro atoms. The Hall–Kier alpha value is -2.60. The van der Waals surface area contributed by atoms with Crippen LogP contribution in [0.1, 0.15) is 12.0 Å². The molecule has 1 saturated heterocycles. The van der Waals surface area contributed by atoms with E-state index < -0.39 is 11.8 Å². The summed E-state index contributed by atoms with van der Waals surface area (Å²) >= 11 is 0. The number of nitrogens with zero attached hydrogens (tertiary/aromatic N) is 1. The standard InChI is InChI=1S/C23H30N2O4/c1-4-17-15-18(8-5-16-6-9-19(28-2)10-7-16)20(21(17)23(27)29-3)22(26)25-13-11-24-12-14-25/h4-10,17-18,20-21,24H,1,11-15H2,2-3H3/b8-5-/t17-,18+,20+,21-/m1/s1. The van der Waals surface area contributed by atoms with Crippen molar-refractivity contribution in [1.82, 2.24) is 10.2 Å². The van der Waals surface area contributed by atoms with E-state index >= 15 is 0 Å². The van der Waals surface area contributed by atoms with Gasteiger partial charge in [-0.05, 0) is 36.0 Å². The van der Waals surface area contributed by atoms with Gasteiger partial charge in [0.1, 0.15) is 5.75 Å². The number of piperazine rings is 1. The van der Waals surface area contributed by atoms with Gasteiger partial charge in [0, 0.05) is 26.2 Å². The molecule has 6 heteroatoms. The monoisotopic (exact) mass is 398 g/mol. The summed E-state index contributed by atoms with van der Waals surface area (Å²) in [7, 11) is 3.02. The van der Waals surface area contributed by atoms with E-state index in [1.165, 1.54) is 7.11 Å². The second-order valence-corrected chi connectivity index (χ2v) is 7.58. The van der Waals surface area contributed by atoms with E-state index in [1.54, 1.807) is 13.2 Å². The number of nitrogens with one attached hydrogen (secondary N) is 1. The fourth-order valence-corrected chi connectivity index (χ4v) is 4.42. The SMILES string of the molecule is C=C[C@@H]1C[C@H](/C=C\c2ccc(OC)cc2)[C@H](C(=O)N2CCNCC2)[C@@H]1C(=O)OC. The van der Waals surface area contributed by atoms with Crippen molar-refractivity contribution >= 4 is 18.0 Å². The number of hydrogen-bond donors (Lipinski definition) is 1. The van der Waals surface area contributed by atoms with Gasteiger partial charge in [-0.25, -0.2) is 0 Å². The van der Waals surface area contributed by atoms with Gasteiger partial charge in [0.05, 0.1) is 26.1 Å². The van der Waals surface area contributed by atoms with Crippen molar-refractivity contribution in [2.45, 2.75) is 6.42 Å². The van der Waals surface area contributed by atoms with E-state index in [-0.39, 0.29) is 23.7 Å². The third-order valence-electron chi connectivity index (χ3n) is 6.00. The average molecular weight is 399 g/mol. The zero-order chi connectivity index (χ0) is 20.8. The van der Waals surface area contributed by atoms with Crippen LogP contribution >= 0.6 is 0 Å². The molecule has 2 aliphatic rings. The van der Waals surface area contributed by atoms with E-state index in [0.717, 1.165) is 24.4 Å². The number of carbonyl (C=O) groups excluding carboxylic acids is 2. The molecule has 4 atom stereocenters. The van der Waals surface area contributed by atoms with Gasteiger partial charge in [-0.2, -0.15) is 0 Å². The Kier molecular flexibility index (Phi) is 7.09. The first-order valence-electron chi connectivity index (χ1n) is 10.1. The number of allylic oxidation sites excluding steroid dienone is 2. The number of ether oxygens (including phenoxy) is 2. The van der Waals surface area contributed by atoms with E-state index in [1.807, 2.05) is 35.2 Å². The number of esters is 1. The molecule has 1 saturated carbocycles. The Bertz CT molecular complexity index is 753. The molecule has 6 nitrogen and oxygen atoms in total. The molecule has 1 heterocycles. The summed E-state index contributed by atoms with van der Waals surface area (Å²) in [6, 6.07) is 7.75. The van der Waals surface area contributed by atoms with Crippen LogP contribution < -0.4 is 10.1 Å². The Morgan fingerprint density at radius 2 is 1.79 bits per heavy atom. The molecule has 1 amide bonds. The number of methoxy groups -OCH3 is 2. The maximum atomic E-state index is 13.4. The minimum Gasteiger partial charge on any atom is -0.497 e. The van der Waals surface area contributed by atoms with Crippen molar-refractivity contribution in [3.05, 3.63) is 48.6 Å². The van der Waals surface area contributed by atoms with Crippen molar-refractivity contribution in [2.24, 2.45) is 23.7 Å². The van der Waals surface area contributed by atoms with E-state index in [9.17, 15) is 9.59 Å². The van der Waals surface area contributed by atoms with Crippen LogP contribution in [-0.2, 0) is 14.3 Å². The van der Waals surface area contributed by atoms with Gasteiger partial charge in [0.25, 0.3) is 0 Å². The van der Waals surface area contributed by atoms with Gasteiger partial charge in [0.2, 0.25) is 5.91 Å². The van der Waals surface area contributed by atoms with Crippen LogP contribution in [0.2, 0.25) is 0 Å². The van der Waals surface area contributed by atoms with Crippen LogP contribution in [0.15, 0.2) is 43.0 Å². The Morgan fingerprint density at radius 3 is 2.38 bits per heavy atom. The average Bonchev–Trinajstić information content (AvgIpc) is 3.16. The largest absolute Gasteiger partial charge is 0.497 e. The number of amides is 1. The highest BCUT2D eigenvalue weighted by molar-refractivity contribution is 5.87. The summed E-state index contributed by atoms with van der Waals surface area (Å²) in [4.78, 5) is 27.9. The molecule has 0 aromatic heterocycles. The molecular weight excluding hydrogens is 368 g/mol. The third-order valence-corrected chi connectivity index (χ3v) is 6.00. The lowest BCUT2D eigenvalue weighted by atomic mass is 9.85. The fourth-order valence-electron chi connectivity index (χ4n) is 4.42. The Balaban J connectivity index is 1.87. The maximum absolute atomic E-state index is 13.4. The normalized spacial score (nSPS) is 27.0. The van der Waals surface area contributed by atoms with Crippen LogP contribution in [0.3, 0.4) is 0 Å². The molecule has 1 aliphatic carbocycles. The molecule has 1 N–H and O–H groups in total. The summed E-state index contributed by atoms with van der Waals surface area (Å²) in [5.74, 6) is -0.550. The molecule has 0 unspecified atom stereocenters. The minimum absolute atomic E-state index is 0.0376. The van der Waals surface area contributed by atoms with Crippen LogP contribution in [-0.4, -0.2) is 57.2 Å². The van der Waals surface area contributed by atoms with Gasteiger partial charge in [-0.15, -0.1) is 6.58 Å². The fraction of sp³-hybridized carbons (Fsp3) is 0.478. The molecule has 2 fully saturated rings. The summed E-state index contributed by atoms with van der Waals surface area (Å²) in [6.07, 6.45) is 6.58. The van der Waals surface area contributed by atoms with E-state index in [0.29, 0.717) is 19.5 Å². The topological polar surface area (TPSA) is 67.9 Å². The molecule has 3 rings (SSSR count). The van der Waals surface area contributed by atoms with Crippen molar-refractivity contribution in [3.8, 4) is 5.75 Å². The number of rotatable bonds is 6. The molecule has 0 radical (unpaired) electrons. The molecule has 29 heavy (non-hydrogen) atoms. The van der Waals surface area contributed by atoms with Gasteiger partial charge in [0.15, 0.2) is 0 Å². The summed E-state index contributed by atoms with van der Waals surface area (Å²) < 4.78 is 10.3. The zero-order valence-corrected chi connectivity index (χ0v) is 17.2. The van der Waals surface area contributed by atoms with Crippen molar-refractivity contribution in [3.63, 3.8) is 0 Å². The smallest absolute Gasteiger partial charge is 0.310 e. The van der Waals surface area contributed by atoms with Crippen LogP contribution in [0, 0.1) is 23.7 Å². The van der Waals surface area contributed by atoms with Crippen LogP contribution in [0.25, 0.3) is 6.08 Å². The van der Waals surface area contributed by atoms with Gasteiger partial charge in [-0.1, -0.05) is 30.4 Å². The second kappa shape index (κ2) is 9.74. The quantitative estimate of drug-likeness (QED) is 0.589. The van der Waals surface area contributed by atoms with E-state index in [2.05, 4.69) is 18.0 Å². The van der Waals surface area contributed by atoms with Crippen LogP contribution in [0.5, 0.6) is 5.75 Å². The highest BCUT2D eigenvalue weighted by Crippen LogP contribution is 2.45. The first kappa shape index (κ1) is 21.1. The lowest BCUT2D eigenvalue weighted by Gasteiger charge is -2.33. The van der Waals surface area contributed by atoms with Gasteiger partial charge >= 0.3 is 5.97 Å². The highest BCUT2D eigenvalue weighted by atomic mass is 16.5. The predicted octanol–water partition coefficient (Wildman–Crippen LogP) is 2.37. The summed E-state index contributed by atoms with van der Waals surface area (Å²) in [5, 5.41) is 3.27.